The number of aliphatic hydroxyl groups is 1. The van der Waals surface area contributed by atoms with Crippen LogP contribution in [0.3, 0.4) is 0 Å². The molecule has 2 aliphatic heterocycles. The SMILES string of the molecule is CC[C@H]1CN(c2nc(N)c(C(=O)NCCOCCO)nc2Cl)CCN1C1CCN(C(=O)c2ccc(C)cc2)CC1. The Kier molecular flexibility index (Phi) is 10.5. The van der Waals surface area contributed by atoms with Gasteiger partial charge in [0.2, 0.25) is 0 Å². The lowest BCUT2D eigenvalue weighted by Crippen LogP contribution is -2.58. The van der Waals surface area contributed by atoms with Gasteiger partial charge in [0.05, 0.1) is 19.8 Å². The van der Waals surface area contributed by atoms with Gasteiger partial charge in [0.25, 0.3) is 11.8 Å². The van der Waals surface area contributed by atoms with Crippen LogP contribution in [0.4, 0.5) is 11.6 Å². The Morgan fingerprint density at radius 2 is 1.85 bits per heavy atom. The topological polar surface area (TPSA) is 137 Å². The molecule has 1 aromatic carbocycles. The zero-order valence-electron chi connectivity index (χ0n) is 23.3. The lowest BCUT2D eigenvalue weighted by atomic mass is 9.97. The Morgan fingerprint density at radius 3 is 2.52 bits per heavy atom. The highest BCUT2D eigenvalue weighted by atomic mass is 35.5. The van der Waals surface area contributed by atoms with Crippen LogP contribution in [0.5, 0.6) is 0 Å². The van der Waals surface area contributed by atoms with E-state index in [1.165, 1.54) is 0 Å². The molecule has 0 spiro atoms. The first-order chi connectivity index (χ1) is 19.3. The standard InChI is InChI=1S/C28H40ClN7O4/c1-3-21-18-35(26-24(29)32-23(25(30)33-26)27(38)31-10-16-40-17-15-37)13-14-36(21)22-8-11-34(12-9-22)28(39)20-6-4-19(2)5-7-20/h4-7,21-22,37H,3,8-18H2,1-2H3,(H2,30,33)(H,31,38)/t21-/m0/s1. The number of carbonyl (C=O) groups is 2. The van der Waals surface area contributed by atoms with Crippen LogP contribution >= 0.6 is 11.6 Å². The largest absolute Gasteiger partial charge is 0.394 e. The Labute approximate surface area is 240 Å². The summed E-state index contributed by atoms with van der Waals surface area (Å²) < 4.78 is 5.15. The summed E-state index contributed by atoms with van der Waals surface area (Å²) in [4.78, 5) is 40.8. The van der Waals surface area contributed by atoms with E-state index >= 15 is 0 Å². The highest BCUT2D eigenvalue weighted by Gasteiger charge is 2.35. The third kappa shape index (κ3) is 7.20. The van der Waals surface area contributed by atoms with Crippen molar-refractivity contribution in [3.63, 3.8) is 0 Å². The van der Waals surface area contributed by atoms with E-state index < -0.39 is 5.91 Å². The number of rotatable bonds is 10. The normalized spacial score (nSPS) is 18.6. The van der Waals surface area contributed by atoms with Crippen molar-refractivity contribution in [3.8, 4) is 0 Å². The monoisotopic (exact) mass is 573 g/mol. The number of hydrogen-bond donors (Lipinski definition) is 3. The Balaban J connectivity index is 1.33. The van der Waals surface area contributed by atoms with Crippen LogP contribution in [-0.2, 0) is 4.74 Å². The molecular formula is C28H40ClN7O4. The molecular weight excluding hydrogens is 534 g/mol. The van der Waals surface area contributed by atoms with E-state index in [1.54, 1.807) is 0 Å². The van der Waals surface area contributed by atoms with Gasteiger partial charge in [0.15, 0.2) is 22.5 Å². The molecule has 0 bridgehead atoms. The molecule has 218 valence electrons. The number of nitrogens with one attached hydrogen (secondary N) is 1. The van der Waals surface area contributed by atoms with Crippen molar-refractivity contribution < 1.29 is 19.4 Å². The Hall–Kier alpha value is -2.99. The van der Waals surface area contributed by atoms with E-state index in [1.807, 2.05) is 36.1 Å². The molecule has 40 heavy (non-hydrogen) atoms. The summed E-state index contributed by atoms with van der Waals surface area (Å²) in [6.45, 7) is 8.60. The molecule has 0 radical (unpaired) electrons. The van der Waals surface area contributed by atoms with Crippen molar-refractivity contribution in [1.29, 1.82) is 0 Å². The number of piperidine rings is 1. The number of aliphatic hydroxyl groups excluding tert-OH is 1. The molecule has 3 heterocycles. The number of piperazine rings is 1. The van der Waals surface area contributed by atoms with Crippen molar-refractivity contribution in [2.75, 3.05) is 69.7 Å². The minimum atomic E-state index is -0.477. The minimum absolute atomic E-state index is 0.0199. The minimum Gasteiger partial charge on any atom is -0.394 e. The van der Waals surface area contributed by atoms with Gasteiger partial charge in [-0.25, -0.2) is 9.97 Å². The van der Waals surface area contributed by atoms with Crippen LogP contribution in [0.2, 0.25) is 5.15 Å². The highest BCUT2D eigenvalue weighted by molar-refractivity contribution is 6.32. The molecule has 2 aromatic rings. The van der Waals surface area contributed by atoms with Crippen LogP contribution in [0, 0.1) is 6.92 Å². The van der Waals surface area contributed by atoms with Crippen LogP contribution in [0.1, 0.15) is 52.6 Å². The van der Waals surface area contributed by atoms with Gasteiger partial charge in [-0.2, -0.15) is 0 Å². The lowest BCUT2D eigenvalue weighted by Gasteiger charge is -2.47. The van der Waals surface area contributed by atoms with Crippen LogP contribution in [0.15, 0.2) is 24.3 Å². The van der Waals surface area contributed by atoms with Crippen molar-refractivity contribution in [2.24, 2.45) is 0 Å². The Bertz CT molecular complexity index is 1160. The van der Waals surface area contributed by atoms with Crippen LogP contribution < -0.4 is 16.0 Å². The van der Waals surface area contributed by atoms with Crippen molar-refractivity contribution in [3.05, 3.63) is 46.2 Å². The van der Waals surface area contributed by atoms with Gasteiger partial charge in [-0.1, -0.05) is 36.2 Å². The molecule has 11 nitrogen and oxygen atoms in total. The molecule has 12 heteroatoms. The van der Waals surface area contributed by atoms with Crippen molar-refractivity contribution in [1.82, 2.24) is 25.1 Å². The van der Waals surface area contributed by atoms with E-state index in [2.05, 4.69) is 32.0 Å². The number of amides is 2. The maximum atomic E-state index is 13.0. The maximum Gasteiger partial charge on any atom is 0.273 e. The summed E-state index contributed by atoms with van der Waals surface area (Å²) in [6, 6.07) is 8.48. The molecule has 2 fully saturated rings. The number of benzene rings is 1. The number of hydrogen-bond acceptors (Lipinski definition) is 9. The first-order valence-electron chi connectivity index (χ1n) is 14.0. The Morgan fingerprint density at radius 1 is 1.12 bits per heavy atom. The predicted molar refractivity (Wildman–Crippen MR) is 155 cm³/mol. The third-order valence-corrected chi connectivity index (χ3v) is 7.92. The zero-order chi connectivity index (χ0) is 28.6. The summed E-state index contributed by atoms with van der Waals surface area (Å²) in [5.74, 6) is 0.135. The molecule has 0 aliphatic carbocycles. The molecule has 0 unspecified atom stereocenters. The molecule has 0 saturated carbocycles. The second-order valence-corrected chi connectivity index (χ2v) is 10.7. The molecule has 2 saturated heterocycles. The predicted octanol–water partition coefficient (Wildman–Crippen LogP) is 1.96. The highest BCUT2D eigenvalue weighted by Crippen LogP contribution is 2.30. The van der Waals surface area contributed by atoms with Gasteiger partial charge in [-0.05, 0) is 38.3 Å². The number of aryl methyl sites for hydroxylation is 1. The number of aromatic nitrogens is 2. The van der Waals surface area contributed by atoms with Gasteiger partial charge in [-0.15, -0.1) is 0 Å². The first-order valence-corrected chi connectivity index (χ1v) is 14.4. The number of nitrogens with zero attached hydrogens (tertiary/aromatic N) is 5. The van der Waals surface area contributed by atoms with Gasteiger partial charge < -0.3 is 30.7 Å². The number of likely N-dealkylation sites (tertiary alicyclic amines) is 1. The summed E-state index contributed by atoms with van der Waals surface area (Å²) >= 11 is 6.51. The van der Waals surface area contributed by atoms with Crippen LogP contribution in [0.25, 0.3) is 0 Å². The van der Waals surface area contributed by atoms with Crippen molar-refractivity contribution >= 4 is 35.1 Å². The molecule has 2 aliphatic rings. The van der Waals surface area contributed by atoms with E-state index in [-0.39, 0.29) is 48.9 Å². The average Bonchev–Trinajstić information content (AvgIpc) is 2.97. The third-order valence-electron chi connectivity index (χ3n) is 7.66. The number of halogens is 1. The summed E-state index contributed by atoms with van der Waals surface area (Å²) in [5.41, 5.74) is 8.00. The molecule has 4 N–H and O–H groups in total. The quantitative estimate of drug-likeness (QED) is 0.364. The fourth-order valence-electron chi connectivity index (χ4n) is 5.46. The smallest absolute Gasteiger partial charge is 0.273 e. The number of ether oxygens (including phenoxy) is 1. The van der Waals surface area contributed by atoms with E-state index in [0.717, 1.165) is 56.6 Å². The number of anilines is 2. The van der Waals surface area contributed by atoms with E-state index in [9.17, 15) is 9.59 Å². The van der Waals surface area contributed by atoms with Gasteiger partial charge in [0.1, 0.15) is 0 Å². The van der Waals surface area contributed by atoms with Gasteiger partial charge in [-0.3, -0.25) is 14.5 Å². The fraction of sp³-hybridized carbons (Fsp3) is 0.571. The molecule has 1 aromatic heterocycles. The average molecular weight is 574 g/mol. The van der Waals surface area contributed by atoms with Crippen molar-refractivity contribution in [2.45, 2.75) is 45.2 Å². The van der Waals surface area contributed by atoms with Crippen LogP contribution in [-0.4, -0.2) is 108 Å². The summed E-state index contributed by atoms with van der Waals surface area (Å²) in [5, 5.41) is 11.6. The number of nitrogen functional groups attached to an aromatic ring is 1. The van der Waals surface area contributed by atoms with Gasteiger partial charge >= 0.3 is 0 Å². The number of carbonyl (C=O) groups excluding carboxylic acids is 2. The van der Waals surface area contributed by atoms with E-state index in [0.29, 0.717) is 24.4 Å². The molecule has 4 rings (SSSR count). The molecule has 1 atom stereocenters. The second kappa shape index (κ2) is 14.1. The first kappa shape index (κ1) is 30.0. The molecule has 2 amide bonds. The number of nitrogens with two attached hydrogens (primary N) is 1. The van der Waals surface area contributed by atoms with Gasteiger partial charge in [0, 0.05) is 56.9 Å². The second-order valence-electron chi connectivity index (χ2n) is 10.3. The maximum absolute atomic E-state index is 13.0. The zero-order valence-corrected chi connectivity index (χ0v) is 24.1. The summed E-state index contributed by atoms with van der Waals surface area (Å²) in [7, 11) is 0. The van der Waals surface area contributed by atoms with E-state index in [4.69, 9.17) is 27.2 Å². The lowest BCUT2D eigenvalue weighted by molar-refractivity contribution is 0.0490. The summed E-state index contributed by atoms with van der Waals surface area (Å²) in [6.07, 6.45) is 2.84. The fourth-order valence-corrected chi connectivity index (χ4v) is 5.71.